The molecule has 0 aliphatic carbocycles. The minimum atomic E-state index is -0.959. The number of hydrogen-bond acceptors (Lipinski definition) is 4. The number of carbonyl (C=O) groups is 1. The standard InChI is InChI=1S/C15H12F2O4/c1-19-9-4-3-5-10(6-9)21-14-8-12(16)11(7-13(14)17)15(18)20-2/h3-8H,1-2H3. The van der Waals surface area contributed by atoms with Crippen molar-refractivity contribution in [2.75, 3.05) is 14.2 Å². The van der Waals surface area contributed by atoms with Crippen LogP contribution in [0.4, 0.5) is 8.78 Å². The highest BCUT2D eigenvalue weighted by Crippen LogP contribution is 2.29. The van der Waals surface area contributed by atoms with E-state index in [-0.39, 0.29) is 11.5 Å². The Bertz CT molecular complexity index is 671. The van der Waals surface area contributed by atoms with Crippen molar-refractivity contribution in [3.63, 3.8) is 0 Å². The highest BCUT2D eigenvalue weighted by Gasteiger charge is 2.17. The molecule has 0 aliphatic rings. The molecule has 2 rings (SSSR count). The lowest BCUT2D eigenvalue weighted by Gasteiger charge is -2.09. The van der Waals surface area contributed by atoms with Crippen LogP contribution in [0.5, 0.6) is 17.2 Å². The predicted octanol–water partition coefficient (Wildman–Crippen LogP) is 3.55. The Balaban J connectivity index is 2.32. The summed E-state index contributed by atoms with van der Waals surface area (Å²) < 4.78 is 42.2. The average Bonchev–Trinajstić information content (AvgIpc) is 2.50. The van der Waals surface area contributed by atoms with Gasteiger partial charge in [0, 0.05) is 12.1 Å². The summed E-state index contributed by atoms with van der Waals surface area (Å²) in [6.45, 7) is 0. The number of ether oxygens (including phenoxy) is 3. The molecule has 0 fully saturated rings. The minimum Gasteiger partial charge on any atom is -0.497 e. The predicted molar refractivity (Wildman–Crippen MR) is 70.8 cm³/mol. The van der Waals surface area contributed by atoms with Crippen molar-refractivity contribution in [1.29, 1.82) is 0 Å². The normalized spacial score (nSPS) is 10.1. The highest BCUT2D eigenvalue weighted by molar-refractivity contribution is 5.89. The zero-order valence-corrected chi connectivity index (χ0v) is 11.4. The summed E-state index contributed by atoms with van der Waals surface area (Å²) in [6, 6.07) is 7.94. The van der Waals surface area contributed by atoms with Crippen molar-refractivity contribution >= 4 is 5.97 Å². The zero-order valence-electron chi connectivity index (χ0n) is 11.4. The summed E-state index contributed by atoms with van der Waals surface area (Å²) in [6.07, 6.45) is 0. The topological polar surface area (TPSA) is 44.8 Å². The minimum absolute atomic E-state index is 0.276. The summed E-state index contributed by atoms with van der Waals surface area (Å²) in [5, 5.41) is 0. The Kier molecular flexibility index (Phi) is 4.37. The van der Waals surface area contributed by atoms with E-state index in [1.807, 2.05) is 0 Å². The summed E-state index contributed by atoms with van der Waals surface area (Å²) in [7, 11) is 2.56. The van der Waals surface area contributed by atoms with Crippen molar-refractivity contribution < 1.29 is 27.8 Å². The highest BCUT2D eigenvalue weighted by atomic mass is 19.1. The molecule has 0 amide bonds. The van der Waals surface area contributed by atoms with E-state index in [1.54, 1.807) is 18.2 Å². The lowest BCUT2D eigenvalue weighted by atomic mass is 10.2. The Labute approximate surface area is 119 Å². The van der Waals surface area contributed by atoms with E-state index < -0.39 is 23.2 Å². The Hall–Kier alpha value is -2.63. The second-order valence-corrected chi connectivity index (χ2v) is 4.04. The van der Waals surface area contributed by atoms with Gasteiger partial charge in [0.2, 0.25) is 0 Å². The van der Waals surface area contributed by atoms with Crippen LogP contribution in [0.3, 0.4) is 0 Å². The molecular formula is C15H12F2O4. The molecule has 0 spiro atoms. The average molecular weight is 294 g/mol. The van der Waals surface area contributed by atoms with E-state index in [2.05, 4.69) is 4.74 Å². The van der Waals surface area contributed by atoms with E-state index in [1.165, 1.54) is 13.2 Å². The van der Waals surface area contributed by atoms with Crippen LogP contribution in [-0.4, -0.2) is 20.2 Å². The van der Waals surface area contributed by atoms with Gasteiger partial charge in [0.05, 0.1) is 19.8 Å². The first-order valence-corrected chi connectivity index (χ1v) is 5.94. The van der Waals surface area contributed by atoms with E-state index in [0.717, 1.165) is 19.2 Å². The van der Waals surface area contributed by atoms with Gasteiger partial charge in [-0.05, 0) is 18.2 Å². The van der Waals surface area contributed by atoms with Gasteiger partial charge in [-0.1, -0.05) is 6.07 Å². The van der Waals surface area contributed by atoms with Crippen LogP contribution in [0, 0.1) is 11.6 Å². The van der Waals surface area contributed by atoms with Crippen LogP contribution in [0.25, 0.3) is 0 Å². The second-order valence-electron chi connectivity index (χ2n) is 4.04. The third kappa shape index (κ3) is 3.28. The number of rotatable bonds is 4. The Morgan fingerprint density at radius 1 is 1.00 bits per heavy atom. The summed E-state index contributed by atoms with van der Waals surface area (Å²) in [4.78, 5) is 11.3. The maximum absolute atomic E-state index is 13.9. The molecule has 0 heterocycles. The lowest BCUT2D eigenvalue weighted by molar-refractivity contribution is 0.0595. The third-order valence-corrected chi connectivity index (χ3v) is 2.70. The number of benzene rings is 2. The molecule has 6 heteroatoms. The smallest absolute Gasteiger partial charge is 0.340 e. The summed E-state index contributed by atoms with van der Waals surface area (Å²) in [5.41, 5.74) is -0.493. The van der Waals surface area contributed by atoms with E-state index in [9.17, 15) is 13.6 Å². The van der Waals surface area contributed by atoms with E-state index in [4.69, 9.17) is 9.47 Å². The Morgan fingerprint density at radius 2 is 1.71 bits per heavy atom. The van der Waals surface area contributed by atoms with Crippen molar-refractivity contribution in [1.82, 2.24) is 0 Å². The quantitative estimate of drug-likeness (QED) is 0.809. The zero-order chi connectivity index (χ0) is 15.4. The molecule has 0 aliphatic heterocycles. The van der Waals surface area contributed by atoms with Gasteiger partial charge >= 0.3 is 5.97 Å². The van der Waals surface area contributed by atoms with Gasteiger partial charge in [-0.25, -0.2) is 13.6 Å². The van der Waals surface area contributed by atoms with Crippen LogP contribution in [0.2, 0.25) is 0 Å². The maximum atomic E-state index is 13.9. The van der Waals surface area contributed by atoms with E-state index in [0.29, 0.717) is 5.75 Å². The fraction of sp³-hybridized carbons (Fsp3) is 0.133. The van der Waals surface area contributed by atoms with Gasteiger partial charge in [-0.3, -0.25) is 0 Å². The molecule has 0 aromatic heterocycles. The summed E-state index contributed by atoms with van der Waals surface area (Å²) in [5.74, 6) is -2.31. The first-order valence-electron chi connectivity index (χ1n) is 5.94. The van der Waals surface area contributed by atoms with Crippen LogP contribution in [-0.2, 0) is 4.74 Å². The molecule has 0 saturated heterocycles. The Morgan fingerprint density at radius 3 is 2.38 bits per heavy atom. The number of halogens is 2. The van der Waals surface area contributed by atoms with Crippen LogP contribution >= 0.6 is 0 Å². The van der Waals surface area contributed by atoms with Crippen molar-refractivity contribution in [2.24, 2.45) is 0 Å². The molecule has 2 aromatic rings. The van der Waals surface area contributed by atoms with Crippen LogP contribution in [0.1, 0.15) is 10.4 Å². The molecule has 0 atom stereocenters. The van der Waals surface area contributed by atoms with Crippen molar-refractivity contribution in [3.05, 3.63) is 53.6 Å². The maximum Gasteiger partial charge on any atom is 0.340 e. The van der Waals surface area contributed by atoms with Gasteiger partial charge in [0.15, 0.2) is 11.6 Å². The molecule has 0 bridgehead atoms. The second kappa shape index (κ2) is 6.21. The number of methoxy groups -OCH3 is 2. The first kappa shape index (κ1) is 14.8. The molecule has 0 saturated carbocycles. The van der Waals surface area contributed by atoms with Gasteiger partial charge in [-0.2, -0.15) is 0 Å². The van der Waals surface area contributed by atoms with Gasteiger partial charge in [-0.15, -0.1) is 0 Å². The van der Waals surface area contributed by atoms with E-state index >= 15 is 0 Å². The van der Waals surface area contributed by atoms with Crippen LogP contribution in [0.15, 0.2) is 36.4 Å². The first-order chi connectivity index (χ1) is 10.0. The molecule has 110 valence electrons. The fourth-order valence-corrected chi connectivity index (χ4v) is 1.66. The number of carbonyl (C=O) groups excluding carboxylic acids is 1. The lowest BCUT2D eigenvalue weighted by Crippen LogP contribution is -2.05. The fourth-order valence-electron chi connectivity index (χ4n) is 1.66. The number of hydrogen-bond donors (Lipinski definition) is 0. The monoisotopic (exact) mass is 294 g/mol. The number of esters is 1. The molecule has 0 radical (unpaired) electrons. The third-order valence-electron chi connectivity index (χ3n) is 2.70. The van der Waals surface area contributed by atoms with Crippen molar-refractivity contribution in [3.8, 4) is 17.2 Å². The molecule has 0 unspecified atom stereocenters. The SMILES string of the molecule is COC(=O)c1cc(F)c(Oc2cccc(OC)c2)cc1F. The molecule has 0 N–H and O–H groups in total. The summed E-state index contributed by atoms with van der Waals surface area (Å²) >= 11 is 0. The molecule has 2 aromatic carbocycles. The van der Waals surface area contributed by atoms with Crippen molar-refractivity contribution in [2.45, 2.75) is 0 Å². The molecule has 21 heavy (non-hydrogen) atoms. The van der Waals surface area contributed by atoms with Gasteiger partial charge < -0.3 is 14.2 Å². The molecule has 4 nitrogen and oxygen atoms in total. The van der Waals surface area contributed by atoms with Gasteiger partial charge in [0.25, 0.3) is 0 Å². The van der Waals surface area contributed by atoms with Crippen LogP contribution < -0.4 is 9.47 Å². The van der Waals surface area contributed by atoms with Gasteiger partial charge in [0.1, 0.15) is 17.3 Å². The largest absolute Gasteiger partial charge is 0.497 e. The molecular weight excluding hydrogens is 282 g/mol.